The Labute approximate surface area is 181 Å². The molecule has 0 unspecified atom stereocenters. The molecule has 8 heteroatoms. The smallest absolute Gasteiger partial charge is 0.164 e. The van der Waals surface area contributed by atoms with E-state index in [9.17, 15) is 0 Å². The van der Waals surface area contributed by atoms with E-state index in [0.717, 1.165) is 41.1 Å². The largest absolute Gasteiger partial charge is 0.496 e. The van der Waals surface area contributed by atoms with Crippen molar-refractivity contribution in [3.8, 4) is 22.9 Å². The van der Waals surface area contributed by atoms with Crippen LogP contribution < -0.4 is 14.4 Å². The number of ether oxygens (including phenoxy) is 3. The molecule has 158 valence electrons. The van der Waals surface area contributed by atoms with Gasteiger partial charge in [0.2, 0.25) is 0 Å². The van der Waals surface area contributed by atoms with Crippen molar-refractivity contribution in [1.82, 2.24) is 15.0 Å². The molecule has 0 spiro atoms. The Kier molecular flexibility index (Phi) is 5.20. The lowest BCUT2D eigenvalue weighted by molar-refractivity contribution is -0.0170. The molecule has 0 aliphatic carbocycles. The van der Waals surface area contributed by atoms with Crippen molar-refractivity contribution in [2.45, 2.75) is 26.4 Å². The number of fused-ring (bicyclic) bond motifs is 1. The highest BCUT2D eigenvalue weighted by molar-refractivity contribution is 6.35. The van der Waals surface area contributed by atoms with Crippen molar-refractivity contribution in [2.75, 3.05) is 39.3 Å². The Morgan fingerprint density at radius 1 is 1.03 bits per heavy atom. The van der Waals surface area contributed by atoms with Crippen molar-refractivity contribution in [3.63, 3.8) is 0 Å². The van der Waals surface area contributed by atoms with Crippen LogP contribution in [0.25, 0.3) is 22.3 Å². The predicted molar refractivity (Wildman–Crippen MR) is 118 cm³/mol. The summed E-state index contributed by atoms with van der Waals surface area (Å²) in [6.45, 7) is 7.47. The highest BCUT2D eigenvalue weighted by atomic mass is 35.5. The quantitative estimate of drug-likeness (QED) is 0.603. The van der Waals surface area contributed by atoms with Gasteiger partial charge in [-0.1, -0.05) is 11.6 Å². The number of aryl methyl sites for hydroxylation is 1. The normalized spacial score (nSPS) is 15.2. The molecule has 3 heterocycles. The van der Waals surface area contributed by atoms with Crippen LogP contribution in [0.15, 0.2) is 18.3 Å². The maximum absolute atomic E-state index is 6.69. The second-order valence-corrected chi connectivity index (χ2v) is 8.20. The van der Waals surface area contributed by atoms with Crippen molar-refractivity contribution in [3.05, 3.63) is 34.6 Å². The highest BCUT2D eigenvalue weighted by Gasteiger charge is 2.40. The van der Waals surface area contributed by atoms with Crippen LogP contribution in [0.1, 0.15) is 18.2 Å². The minimum absolute atomic E-state index is 0.188. The first kappa shape index (κ1) is 20.6. The summed E-state index contributed by atoms with van der Waals surface area (Å²) in [5.41, 5.74) is 3.01. The lowest BCUT2D eigenvalue weighted by Crippen LogP contribution is -2.61. The molecule has 0 saturated carbocycles. The minimum Gasteiger partial charge on any atom is -0.496 e. The van der Waals surface area contributed by atoms with E-state index in [1.807, 2.05) is 19.9 Å². The number of benzene rings is 1. The molecule has 30 heavy (non-hydrogen) atoms. The molecule has 1 aliphatic heterocycles. The zero-order valence-corrected chi connectivity index (χ0v) is 18.8. The molecule has 7 nitrogen and oxygen atoms in total. The minimum atomic E-state index is -0.188. The molecule has 0 radical (unpaired) electrons. The number of aromatic nitrogens is 3. The van der Waals surface area contributed by atoms with E-state index in [1.54, 1.807) is 33.6 Å². The average molecular weight is 429 g/mol. The number of methoxy groups -OCH3 is 3. The number of anilines is 1. The van der Waals surface area contributed by atoms with Crippen molar-refractivity contribution < 1.29 is 14.2 Å². The van der Waals surface area contributed by atoms with Crippen molar-refractivity contribution in [1.29, 1.82) is 0 Å². The van der Waals surface area contributed by atoms with Gasteiger partial charge in [0, 0.05) is 48.5 Å². The first-order chi connectivity index (χ1) is 14.3. The molecule has 4 rings (SSSR count). The van der Waals surface area contributed by atoms with Crippen LogP contribution in [-0.2, 0) is 4.74 Å². The van der Waals surface area contributed by atoms with E-state index >= 15 is 0 Å². The molecule has 0 N–H and O–H groups in total. The molecule has 0 amide bonds. The van der Waals surface area contributed by atoms with Crippen LogP contribution in [-0.4, -0.2) is 55.0 Å². The zero-order chi connectivity index (χ0) is 21.6. The Hall–Kier alpha value is -2.64. The summed E-state index contributed by atoms with van der Waals surface area (Å²) in [6.07, 6.45) is 1.77. The van der Waals surface area contributed by atoms with E-state index in [2.05, 4.69) is 16.8 Å². The maximum Gasteiger partial charge on any atom is 0.164 e. The van der Waals surface area contributed by atoms with Gasteiger partial charge in [-0.25, -0.2) is 9.97 Å². The van der Waals surface area contributed by atoms with Gasteiger partial charge in [-0.15, -0.1) is 0 Å². The fraction of sp³-hybridized carbons (Fsp3) is 0.409. The summed E-state index contributed by atoms with van der Waals surface area (Å²) in [6, 6.07) is 3.78. The number of hydrogen-bond donors (Lipinski definition) is 0. The van der Waals surface area contributed by atoms with E-state index in [1.165, 1.54) is 0 Å². The summed E-state index contributed by atoms with van der Waals surface area (Å²) in [7, 11) is 4.93. The molecule has 1 saturated heterocycles. The second kappa shape index (κ2) is 7.56. The molecular weight excluding hydrogens is 404 g/mol. The first-order valence-corrected chi connectivity index (χ1v) is 10.0. The topological polar surface area (TPSA) is 69.6 Å². The molecule has 1 aromatic carbocycles. The van der Waals surface area contributed by atoms with E-state index in [0.29, 0.717) is 27.9 Å². The number of nitrogens with zero attached hydrogens (tertiary/aromatic N) is 4. The lowest BCUT2D eigenvalue weighted by atomic mass is 9.96. The van der Waals surface area contributed by atoms with Gasteiger partial charge in [-0.05, 0) is 26.8 Å². The number of hydrogen-bond acceptors (Lipinski definition) is 7. The Morgan fingerprint density at radius 3 is 2.37 bits per heavy atom. The summed E-state index contributed by atoms with van der Waals surface area (Å²) >= 11 is 6.69. The maximum atomic E-state index is 6.69. The number of pyridine rings is 1. The zero-order valence-electron chi connectivity index (χ0n) is 18.0. The van der Waals surface area contributed by atoms with Gasteiger partial charge in [0.15, 0.2) is 5.82 Å². The molecule has 3 aromatic rings. The number of rotatable bonds is 5. The van der Waals surface area contributed by atoms with Crippen LogP contribution in [0.4, 0.5) is 5.82 Å². The fourth-order valence-electron chi connectivity index (χ4n) is 3.84. The molecular formula is C22H25ClN4O3. The van der Waals surface area contributed by atoms with Gasteiger partial charge in [0.25, 0.3) is 0 Å². The van der Waals surface area contributed by atoms with Gasteiger partial charge in [0.05, 0.1) is 36.6 Å². The third kappa shape index (κ3) is 3.32. The summed E-state index contributed by atoms with van der Waals surface area (Å²) in [5, 5.41) is 1.40. The molecule has 2 aromatic heterocycles. The summed E-state index contributed by atoms with van der Waals surface area (Å²) in [5.74, 6) is 2.52. The van der Waals surface area contributed by atoms with Gasteiger partial charge in [-0.2, -0.15) is 0 Å². The van der Waals surface area contributed by atoms with Crippen LogP contribution in [0.3, 0.4) is 0 Å². The van der Waals surface area contributed by atoms with Crippen molar-refractivity contribution >= 4 is 28.3 Å². The SMILES string of the molecule is COc1cc(OC)c(Cl)c(-c2nc(N3CC(C)(OC)C3)c3cc(C)ncc3n2)c1C. The van der Waals surface area contributed by atoms with Gasteiger partial charge < -0.3 is 19.1 Å². The Bertz CT molecular complexity index is 1100. The molecule has 0 bridgehead atoms. The standard InChI is InChI=1S/C22H25ClN4O3/c1-12-7-14-15(9-24-12)25-20(26-21(14)27-10-22(3,11-27)30-6)18-13(2)16(28-4)8-17(29-5)19(18)23/h7-9H,10-11H2,1-6H3. The lowest BCUT2D eigenvalue weighted by Gasteiger charge is -2.47. The van der Waals surface area contributed by atoms with Crippen LogP contribution in [0, 0.1) is 13.8 Å². The summed E-state index contributed by atoms with van der Waals surface area (Å²) in [4.78, 5) is 16.4. The van der Waals surface area contributed by atoms with Crippen LogP contribution in [0.2, 0.25) is 5.02 Å². The predicted octanol–water partition coefficient (Wildman–Crippen LogP) is 4.20. The number of halogens is 1. The molecule has 1 fully saturated rings. The van der Waals surface area contributed by atoms with E-state index < -0.39 is 0 Å². The van der Waals surface area contributed by atoms with E-state index in [-0.39, 0.29) is 5.60 Å². The third-order valence-electron chi connectivity index (χ3n) is 5.65. The van der Waals surface area contributed by atoms with Gasteiger partial charge in [-0.3, -0.25) is 4.98 Å². The van der Waals surface area contributed by atoms with Gasteiger partial charge >= 0.3 is 0 Å². The van der Waals surface area contributed by atoms with Crippen LogP contribution in [0.5, 0.6) is 11.5 Å². The third-order valence-corrected chi connectivity index (χ3v) is 6.02. The summed E-state index contributed by atoms with van der Waals surface area (Å²) < 4.78 is 16.6. The van der Waals surface area contributed by atoms with Gasteiger partial charge in [0.1, 0.15) is 17.3 Å². The van der Waals surface area contributed by atoms with Crippen molar-refractivity contribution in [2.24, 2.45) is 0 Å². The first-order valence-electron chi connectivity index (χ1n) is 9.66. The van der Waals surface area contributed by atoms with Crippen LogP contribution >= 0.6 is 11.6 Å². The van der Waals surface area contributed by atoms with E-state index in [4.69, 9.17) is 35.8 Å². The molecule has 1 aliphatic rings. The highest BCUT2D eigenvalue weighted by Crippen LogP contribution is 2.43. The Balaban J connectivity index is 1.95. The Morgan fingerprint density at radius 2 is 1.73 bits per heavy atom. The second-order valence-electron chi connectivity index (χ2n) is 7.82. The molecule has 0 atom stereocenters. The average Bonchev–Trinajstić information content (AvgIpc) is 2.71. The fourth-order valence-corrected chi connectivity index (χ4v) is 4.20. The monoisotopic (exact) mass is 428 g/mol.